The Morgan fingerprint density at radius 1 is 1.35 bits per heavy atom. The molecular weight excluding hydrogens is 340 g/mol. The lowest BCUT2D eigenvalue weighted by atomic mass is 10.3. The van der Waals surface area contributed by atoms with Gasteiger partial charge in [-0.1, -0.05) is 15.9 Å². The van der Waals surface area contributed by atoms with Gasteiger partial charge >= 0.3 is 0 Å². The normalized spacial score (nSPS) is 13.1. The van der Waals surface area contributed by atoms with Crippen LogP contribution in [-0.2, 0) is 7.05 Å². The van der Waals surface area contributed by atoms with E-state index in [9.17, 15) is 0 Å². The number of benzene rings is 1. The largest absolute Gasteiger partial charge is 0.292 e. The molecule has 1 aromatic carbocycles. The van der Waals surface area contributed by atoms with Gasteiger partial charge in [0.25, 0.3) is 0 Å². The summed E-state index contributed by atoms with van der Waals surface area (Å²) in [6, 6.07) is 6.05. The standard InChI is InChI=1S/C14H14BrClN4/c1-8(16)14-17-11-6-10(15)4-5-12(11)20(14)13-7-19(3)18-9(13)2/h4-8H,1-3H3. The van der Waals surface area contributed by atoms with E-state index in [0.29, 0.717) is 0 Å². The molecule has 0 radical (unpaired) electrons. The van der Waals surface area contributed by atoms with E-state index in [1.165, 1.54) is 0 Å². The Kier molecular flexibility index (Phi) is 3.34. The number of hydrogen-bond acceptors (Lipinski definition) is 2. The Morgan fingerprint density at radius 2 is 2.10 bits per heavy atom. The van der Waals surface area contributed by atoms with E-state index in [-0.39, 0.29) is 5.38 Å². The highest BCUT2D eigenvalue weighted by Gasteiger charge is 2.19. The van der Waals surface area contributed by atoms with Gasteiger partial charge in [0, 0.05) is 17.7 Å². The molecule has 104 valence electrons. The zero-order valence-electron chi connectivity index (χ0n) is 11.4. The third-order valence-corrected chi connectivity index (χ3v) is 3.92. The highest BCUT2D eigenvalue weighted by molar-refractivity contribution is 9.10. The number of halogens is 2. The molecule has 6 heteroatoms. The molecule has 3 rings (SSSR count). The maximum Gasteiger partial charge on any atom is 0.132 e. The lowest BCUT2D eigenvalue weighted by Crippen LogP contribution is -2.02. The summed E-state index contributed by atoms with van der Waals surface area (Å²) in [7, 11) is 1.91. The Balaban J connectivity index is 2.37. The molecule has 0 aliphatic carbocycles. The minimum absolute atomic E-state index is 0.180. The highest BCUT2D eigenvalue weighted by Crippen LogP contribution is 2.30. The first-order chi connectivity index (χ1) is 9.47. The van der Waals surface area contributed by atoms with E-state index >= 15 is 0 Å². The van der Waals surface area contributed by atoms with Gasteiger partial charge in [-0.15, -0.1) is 11.6 Å². The van der Waals surface area contributed by atoms with Crippen molar-refractivity contribution in [2.24, 2.45) is 7.05 Å². The van der Waals surface area contributed by atoms with Crippen molar-refractivity contribution in [2.75, 3.05) is 0 Å². The van der Waals surface area contributed by atoms with Gasteiger partial charge in [0.1, 0.15) is 5.82 Å². The van der Waals surface area contributed by atoms with Crippen molar-refractivity contribution < 1.29 is 0 Å². The van der Waals surface area contributed by atoms with Gasteiger partial charge in [0.15, 0.2) is 0 Å². The second kappa shape index (κ2) is 4.90. The Labute approximate surface area is 130 Å². The van der Waals surface area contributed by atoms with Gasteiger partial charge in [-0.2, -0.15) is 5.10 Å². The van der Waals surface area contributed by atoms with Crippen molar-refractivity contribution in [2.45, 2.75) is 19.2 Å². The Hall–Kier alpha value is -1.33. The molecule has 4 nitrogen and oxygen atoms in total. The van der Waals surface area contributed by atoms with Crippen LogP contribution < -0.4 is 0 Å². The summed E-state index contributed by atoms with van der Waals surface area (Å²) >= 11 is 9.79. The maximum atomic E-state index is 6.31. The Bertz CT molecular complexity index is 788. The molecule has 0 aliphatic rings. The third kappa shape index (κ3) is 2.15. The first-order valence-corrected chi connectivity index (χ1v) is 7.53. The molecule has 3 aromatic rings. The zero-order chi connectivity index (χ0) is 14.4. The van der Waals surface area contributed by atoms with Crippen LogP contribution in [0.3, 0.4) is 0 Å². The predicted molar refractivity (Wildman–Crippen MR) is 84.5 cm³/mol. The number of aryl methyl sites for hydroxylation is 2. The first-order valence-electron chi connectivity index (χ1n) is 6.30. The molecule has 0 spiro atoms. The maximum absolute atomic E-state index is 6.31. The number of rotatable bonds is 2. The van der Waals surface area contributed by atoms with E-state index in [4.69, 9.17) is 11.6 Å². The third-order valence-electron chi connectivity index (χ3n) is 3.23. The average Bonchev–Trinajstić information content (AvgIpc) is 2.88. The van der Waals surface area contributed by atoms with Crippen molar-refractivity contribution in [1.82, 2.24) is 19.3 Å². The molecule has 1 atom stereocenters. The quantitative estimate of drug-likeness (QED) is 0.649. The number of aromatic nitrogens is 4. The number of alkyl halides is 1. The summed E-state index contributed by atoms with van der Waals surface area (Å²) in [5, 5.41) is 4.23. The average molecular weight is 354 g/mol. The minimum Gasteiger partial charge on any atom is -0.292 e. The van der Waals surface area contributed by atoms with Gasteiger partial charge in [-0.05, 0) is 32.0 Å². The van der Waals surface area contributed by atoms with Gasteiger partial charge in [0.05, 0.1) is 27.8 Å². The lowest BCUT2D eigenvalue weighted by Gasteiger charge is -2.09. The van der Waals surface area contributed by atoms with Gasteiger partial charge in [0.2, 0.25) is 0 Å². The lowest BCUT2D eigenvalue weighted by molar-refractivity contribution is 0.756. The fourth-order valence-electron chi connectivity index (χ4n) is 2.40. The zero-order valence-corrected chi connectivity index (χ0v) is 13.8. The smallest absolute Gasteiger partial charge is 0.132 e. The molecule has 0 saturated carbocycles. The van der Waals surface area contributed by atoms with Crippen LogP contribution in [0.15, 0.2) is 28.9 Å². The van der Waals surface area contributed by atoms with Crippen molar-refractivity contribution in [1.29, 1.82) is 0 Å². The van der Waals surface area contributed by atoms with Crippen LogP contribution >= 0.6 is 27.5 Å². The Morgan fingerprint density at radius 3 is 2.70 bits per heavy atom. The van der Waals surface area contributed by atoms with Crippen LogP contribution in [0.4, 0.5) is 0 Å². The molecule has 0 aliphatic heterocycles. The van der Waals surface area contributed by atoms with Crippen molar-refractivity contribution in [3.05, 3.63) is 40.4 Å². The fraction of sp³-hybridized carbons (Fsp3) is 0.286. The van der Waals surface area contributed by atoms with Crippen molar-refractivity contribution >= 4 is 38.6 Å². The van der Waals surface area contributed by atoms with E-state index in [1.54, 1.807) is 4.68 Å². The molecule has 0 bridgehead atoms. The van der Waals surface area contributed by atoms with E-state index in [2.05, 4.69) is 30.6 Å². The molecule has 20 heavy (non-hydrogen) atoms. The van der Waals surface area contributed by atoms with Gasteiger partial charge in [-0.25, -0.2) is 4.98 Å². The van der Waals surface area contributed by atoms with Crippen LogP contribution in [0, 0.1) is 6.92 Å². The van der Waals surface area contributed by atoms with Crippen molar-refractivity contribution in [3.8, 4) is 5.69 Å². The summed E-state index contributed by atoms with van der Waals surface area (Å²) in [5.74, 6) is 0.830. The molecule has 0 saturated heterocycles. The van der Waals surface area contributed by atoms with Crippen LogP contribution in [0.5, 0.6) is 0 Å². The molecule has 0 amide bonds. The molecule has 0 fully saturated rings. The number of nitrogens with zero attached hydrogens (tertiary/aromatic N) is 4. The van der Waals surface area contributed by atoms with Crippen molar-refractivity contribution in [3.63, 3.8) is 0 Å². The van der Waals surface area contributed by atoms with E-state index < -0.39 is 0 Å². The molecule has 2 heterocycles. The van der Waals surface area contributed by atoms with Gasteiger partial charge < -0.3 is 0 Å². The van der Waals surface area contributed by atoms with Crippen LogP contribution in [-0.4, -0.2) is 19.3 Å². The SMILES string of the molecule is Cc1nn(C)cc1-n1c(C(C)Cl)nc2cc(Br)ccc21. The summed E-state index contributed by atoms with van der Waals surface area (Å²) in [6.07, 6.45) is 1.99. The second-order valence-electron chi connectivity index (χ2n) is 4.83. The van der Waals surface area contributed by atoms with Crippen LogP contribution in [0.25, 0.3) is 16.7 Å². The molecule has 0 N–H and O–H groups in total. The summed E-state index contributed by atoms with van der Waals surface area (Å²) < 4.78 is 4.89. The topological polar surface area (TPSA) is 35.6 Å². The number of hydrogen-bond donors (Lipinski definition) is 0. The predicted octanol–water partition coefficient (Wildman–Crippen LogP) is 4.13. The van der Waals surface area contributed by atoms with E-state index in [1.807, 2.05) is 45.3 Å². The van der Waals surface area contributed by atoms with Crippen LogP contribution in [0.1, 0.15) is 23.8 Å². The minimum atomic E-state index is -0.180. The molecular formula is C14H14BrClN4. The first kappa shape index (κ1) is 13.6. The highest BCUT2D eigenvalue weighted by atomic mass is 79.9. The summed E-state index contributed by atoms with van der Waals surface area (Å²) in [6.45, 7) is 3.92. The molecule has 1 unspecified atom stereocenters. The van der Waals surface area contributed by atoms with Crippen LogP contribution in [0.2, 0.25) is 0 Å². The molecule has 2 aromatic heterocycles. The fourth-order valence-corrected chi connectivity index (χ4v) is 2.89. The monoisotopic (exact) mass is 352 g/mol. The summed E-state index contributed by atoms with van der Waals surface area (Å²) in [4.78, 5) is 4.66. The number of imidazole rings is 1. The van der Waals surface area contributed by atoms with E-state index in [0.717, 1.165) is 32.7 Å². The van der Waals surface area contributed by atoms with Gasteiger partial charge in [-0.3, -0.25) is 9.25 Å². The number of fused-ring (bicyclic) bond motifs is 1. The summed E-state index contributed by atoms with van der Waals surface area (Å²) in [5.41, 5.74) is 3.92. The second-order valence-corrected chi connectivity index (χ2v) is 6.40.